The summed E-state index contributed by atoms with van der Waals surface area (Å²) in [6.07, 6.45) is 4.39. The van der Waals surface area contributed by atoms with Gasteiger partial charge in [0.05, 0.1) is 6.54 Å². The fourth-order valence-electron chi connectivity index (χ4n) is 3.22. The number of likely N-dealkylation sites (tertiary alicyclic amines) is 1. The second-order valence-corrected chi connectivity index (χ2v) is 6.92. The number of nitrogens with one attached hydrogen (secondary N) is 1. The van der Waals surface area contributed by atoms with Crippen LogP contribution < -0.4 is 11.1 Å². The van der Waals surface area contributed by atoms with Gasteiger partial charge in [-0.1, -0.05) is 37.3 Å². The van der Waals surface area contributed by atoms with Gasteiger partial charge in [0.1, 0.15) is 0 Å². The lowest BCUT2D eigenvalue weighted by molar-refractivity contribution is -0.123. The first kappa shape index (κ1) is 18.5. The predicted molar refractivity (Wildman–Crippen MR) is 95.3 cm³/mol. The molecule has 5 heteroatoms. The van der Waals surface area contributed by atoms with Crippen LogP contribution in [0.5, 0.6) is 0 Å². The van der Waals surface area contributed by atoms with E-state index in [2.05, 4.69) is 36.5 Å². The van der Waals surface area contributed by atoms with Crippen LogP contribution in [0.15, 0.2) is 30.3 Å². The minimum Gasteiger partial charge on any atom is -0.369 e. The highest BCUT2D eigenvalue weighted by Gasteiger charge is 2.21. The lowest BCUT2D eigenvalue weighted by atomic mass is 9.97. The highest BCUT2D eigenvalue weighted by molar-refractivity contribution is 5.76. The molecule has 1 aliphatic heterocycles. The van der Waals surface area contributed by atoms with Crippen LogP contribution in [-0.2, 0) is 16.0 Å². The quantitative estimate of drug-likeness (QED) is 0.761. The molecule has 24 heavy (non-hydrogen) atoms. The van der Waals surface area contributed by atoms with Crippen molar-refractivity contribution in [2.75, 3.05) is 19.6 Å². The Morgan fingerprint density at radius 1 is 1.25 bits per heavy atom. The maximum Gasteiger partial charge on any atom is 0.231 e. The van der Waals surface area contributed by atoms with E-state index in [4.69, 9.17) is 5.73 Å². The molecule has 0 aliphatic carbocycles. The predicted octanol–water partition coefficient (Wildman–Crippen LogP) is 1.71. The molecule has 1 saturated heterocycles. The standard InChI is InChI=1S/C19H29N3O2/c1-15(7-8-16-5-3-2-4-6-16)13-19(24)21-17-9-11-22(12-10-17)14-18(20)23/h2-6,15,17H,7-14H2,1H3,(H2,20,23)(H,21,24). The summed E-state index contributed by atoms with van der Waals surface area (Å²) in [6, 6.07) is 10.6. The van der Waals surface area contributed by atoms with Crippen molar-refractivity contribution in [1.82, 2.24) is 10.2 Å². The monoisotopic (exact) mass is 331 g/mol. The molecule has 2 rings (SSSR count). The molecule has 5 nitrogen and oxygen atoms in total. The summed E-state index contributed by atoms with van der Waals surface area (Å²) in [5.41, 5.74) is 6.54. The highest BCUT2D eigenvalue weighted by Crippen LogP contribution is 2.14. The minimum absolute atomic E-state index is 0.143. The molecular formula is C19H29N3O2. The first-order chi connectivity index (χ1) is 11.5. The second-order valence-electron chi connectivity index (χ2n) is 6.92. The Hall–Kier alpha value is -1.88. The van der Waals surface area contributed by atoms with E-state index in [-0.39, 0.29) is 17.9 Å². The van der Waals surface area contributed by atoms with Gasteiger partial charge in [-0.3, -0.25) is 14.5 Å². The summed E-state index contributed by atoms with van der Waals surface area (Å²) in [4.78, 5) is 25.2. The molecule has 3 N–H and O–H groups in total. The van der Waals surface area contributed by atoms with E-state index in [1.54, 1.807) is 0 Å². The van der Waals surface area contributed by atoms with E-state index in [0.717, 1.165) is 38.8 Å². The second kappa shape index (κ2) is 9.42. The number of carbonyl (C=O) groups is 2. The smallest absolute Gasteiger partial charge is 0.231 e. The molecule has 1 atom stereocenters. The largest absolute Gasteiger partial charge is 0.369 e. The average molecular weight is 331 g/mol. The van der Waals surface area contributed by atoms with E-state index in [0.29, 0.717) is 18.9 Å². The normalized spacial score (nSPS) is 17.4. The van der Waals surface area contributed by atoms with Crippen LogP contribution >= 0.6 is 0 Å². The van der Waals surface area contributed by atoms with Crippen LogP contribution in [-0.4, -0.2) is 42.4 Å². The molecule has 132 valence electrons. The summed E-state index contributed by atoms with van der Waals surface area (Å²) < 4.78 is 0. The molecule has 0 radical (unpaired) electrons. The van der Waals surface area contributed by atoms with E-state index in [1.807, 2.05) is 11.0 Å². The lowest BCUT2D eigenvalue weighted by Crippen LogP contribution is -2.46. The van der Waals surface area contributed by atoms with Gasteiger partial charge in [0.15, 0.2) is 0 Å². The summed E-state index contributed by atoms with van der Waals surface area (Å²) >= 11 is 0. The lowest BCUT2D eigenvalue weighted by Gasteiger charge is -2.31. The van der Waals surface area contributed by atoms with Crippen LogP contribution in [0.4, 0.5) is 0 Å². The van der Waals surface area contributed by atoms with E-state index >= 15 is 0 Å². The third-order valence-corrected chi connectivity index (χ3v) is 4.63. The third kappa shape index (κ3) is 6.71. The van der Waals surface area contributed by atoms with Crippen molar-refractivity contribution in [3.05, 3.63) is 35.9 Å². The molecule has 0 saturated carbocycles. The van der Waals surface area contributed by atoms with Gasteiger partial charge in [-0.25, -0.2) is 0 Å². The summed E-state index contributed by atoms with van der Waals surface area (Å²) in [5, 5.41) is 3.14. The van der Waals surface area contributed by atoms with E-state index in [9.17, 15) is 9.59 Å². The Morgan fingerprint density at radius 3 is 2.54 bits per heavy atom. The molecule has 2 amide bonds. The van der Waals surface area contributed by atoms with Crippen LogP contribution in [0.1, 0.15) is 38.2 Å². The minimum atomic E-state index is -0.287. The number of aryl methyl sites for hydroxylation is 1. The van der Waals surface area contributed by atoms with Crippen LogP contribution in [0.25, 0.3) is 0 Å². The molecule has 1 aliphatic rings. The maximum atomic E-state index is 12.2. The number of rotatable bonds is 8. The number of benzene rings is 1. The maximum absolute atomic E-state index is 12.2. The van der Waals surface area contributed by atoms with Gasteiger partial charge < -0.3 is 11.1 Å². The van der Waals surface area contributed by atoms with Crippen molar-refractivity contribution in [3.63, 3.8) is 0 Å². The van der Waals surface area contributed by atoms with Crippen molar-refractivity contribution in [2.45, 2.75) is 45.1 Å². The van der Waals surface area contributed by atoms with Gasteiger partial charge >= 0.3 is 0 Å². The molecule has 1 aromatic carbocycles. The van der Waals surface area contributed by atoms with Crippen LogP contribution in [0, 0.1) is 5.92 Å². The number of nitrogens with two attached hydrogens (primary N) is 1. The van der Waals surface area contributed by atoms with Crippen LogP contribution in [0.3, 0.4) is 0 Å². The molecule has 1 unspecified atom stereocenters. The van der Waals surface area contributed by atoms with Gasteiger partial charge in [0.25, 0.3) is 0 Å². The van der Waals surface area contributed by atoms with Crippen molar-refractivity contribution < 1.29 is 9.59 Å². The summed E-state index contributed by atoms with van der Waals surface area (Å²) in [6.45, 7) is 4.09. The first-order valence-electron chi connectivity index (χ1n) is 8.87. The fraction of sp³-hybridized carbons (Fsp3) is 0.579. The molecule has 1 aromatic rings. The van der Waals surface area contributed by atoms with Gasteiger partial charge in [-0.2, -0.15) is 0 Å². The summed E-state index contributed by atoms with van der Waals surface area (Å²) in [5.74, 6) is 0.230. The van der Waals surface area contributed by atoms with Gasteiger partial charge in [0, 0.05) is 25.6 Å². The topological polar surface area (TPSA) is 75.4 Å². The van der Waals surface area contributed by atoms with Gasteiger partial charge in [-0.15, -0.1) is 0 Å². The van der Waals surface area contributed by atoms with Crippen molar-refractivity contribution in [2.24, 2.45) is 11.7 Å². The number of nitrogens with zero attached hydrogens (tertiary/aromatic N) is 1. The highest BCUT2D eigenvalue weighted by atomic mass is 16.2. The zero-order chi connectivity index (χ0) is 17.4. The zero-order valence-corrected chi connectivity index (χ0v) is 14.5. The molecule has 0 aromatic heterocycles. The molecular weight excluding hydrogens is 302 g/mol. The number of amides is 2. The van der Waals surface area contributed by atoms with Crippen LogP contribution in [0.2, 0.25) is 0 Å². The first-order valence-corrected chi connectivity index (χ1v) is 8.87. The molecule has 0 spiro atoms. The van der Waals surface area contributed by atoms with E-state index < -0.39 is 0 Å². The third-order valence-electron chi connectivity index (χ3n) is 4.63. The number of piperidine rings is 1. The Morgan fingerprint density at radius 2 is 1.92 bits per heavy atom. The fourth-order valence-corrected chi connectivity index (χ4v) is 3.22. The van der Waals surface area contributed by atoms with Crippen molar-refractivity contribution in [3.8, 4) is 0 Å². The van der Waals surface area contributed by atoms with E-state index in [1.165, 1.54) is 5.56 Å². The van der Waals surface area contributed by atoms with Crippen molar-refractivity contribution >= 4 is 11.8 Å². The number of carbonyl (C=O) groups excluding carboxylic acids is 2. The van der Waals surface area contributed by atoms with Gasteiger partial charge in [-0.05, 0) is 37.2 Å². The number of primary amides is 1. The van der Waals surface area contributed by atoms with Crippen molar-refractivity contribution in [1.29, 1.82) is 0 Å². The van der Waals surface area contributed by atoms with Gasteiger partial charge in [0.2, 0.25) is 11.8 Å². The average Bonchev–Trinajstić information content (AvgIpc) is 2.55. The Kier molecular flexibility index (Phi) is 7.25. The number of hydrogen-bond donors (Lipinski definition) is 2. The summed E-state index contributed by atoms with van der Waals surface area (Å²) in [7, 11) is 0. The SMILES string of the molecule is CC(CCc1ccccc1)CC(=O)NC1CCN(CC(N)=O)CC1. The Balaban J connectivity index is 1.63. The Labute approximate surface area is 144 Å². The molecule has 0 bridgehead atoms. The Bertz CT molecular complexity index is 525. The molecule has 1 heterocycles. The molecule has 1 fully saturated rings. The number of hydrogen-bond acceptors (Lipinski definition) is 3. The zero-order valence-electron chi connectivity index (χ0n) is 14.5.